The summed E-state index contributed by atoms with van der Waals surface area (Å²) in [6.07, 6.45) is 2.33. The average Bonchev–Trinajstić information content (AvgIpc) is 2.59. The van der Waals surface area contributed by atoms with Gasteiger partial charge in [0.2, 0.25) is 5.91 Å². The molecule has 0 aliphatic carbocycles. The Hall–Kier alpha value is -1.98. The van der Waals surface area contributed by atoms with Crippen LogP contribution in [0.3, 0.4) is 0 Å². The number of carbonyl (C=O) groups excluding carboxylic acids is 1. The summed E-state index contributed by atoms with van der Waals surface area (Å²) in [7, 11) is 0. The maximum Gasteiger partial charge on any atom is 0.238 e. The van der Waals surface area contributed by atoms with E-state index in [-0.39, 0.29) is 12.5 Å². The van der Waals surface area contributed by atoms with Gasteiger partial charge >= 0.3 is 0 Å². The van der Waals surface area contributed by atoms with E-state index in [1.165, 1.54) is 0 Å². The number of hydrogen-bond donors (Lipinski definition) is 1. The molecule has 2 aromatic rings. The lowest BCUT2D eigenvalue weighted by Crippen LogP contribution is -2.44. The standard InChI is InChI=1S/C19H21ClFN3O/c1-14-3-2-10-22-18(14)19(21)8-11-24(12-9-19)13-17(25)23-16-6-4-15(20)5-7-16/h2-7,10H,8-9,11-13H2,1H3,(H,23,25). The van der Waals surface area contributed by atoms with Crippen LogP contribution < -0.4 is 5.32 Å². The lowest BCUT2D eigenvalue weighted by molar-refractivity contribution is -0.118. The lowest BCUT2D eigenvalue weighted by Gasteiger charge is -2.36. The molecule has 1 N–H and O–H groups in total. The van der Waals surface area contributed by atoms with Gasteiger partial charge in [0, 0.05) is 30.0 Å². The van der Waals surface area contributed by atoms with E-state index in [0.29, 0.717) is 42.3 Å². The van der Waals surface area contributed by atoms with E-state index in [4.69, 9.17) is 11.6 Å². The summed E-state index contributed by atoms with van der Waals surface area (Å²) in [4.78, 5) is 18.4. The molecule has 4 nitrogen and oxygen atoms in total. The molecule has 3 rings (SSSR count). The largest absolute Gasteiger partial charge is 0.325 e. The van der Waals surface area contributed by atoms with E-state index in [1.54, 1.807) is 30.5 Å². The molecule has 0 atom stereocenters. The first-order valence-electron chi connectivity index (χ1n) is 8.35. The van der Waals surface area contributed by atoms with Gasteiger partial charge in [-0.1, -0.05) is 17.7 Å². The molecule has 1 aromatic heterocycles. The predicted molar refractivity (Wildman–Crippen MR) is 97.5 cm³/mol. The molecule has 6 heteroatoms. The molecule has 0 saturated carbocycles. The van der Waals surface area contributed by atoms with E-state index in [2.05, 4.69) is 10.3 Å². The van der Waals surface area contributed by atoms with Crippen molar-refractivity contribution in [1.29, 1.82) is 0 Å². The number of hydrogen-bond acceptors (Lipinski definition) is 3. The fourth-order valence-corrected chi connectivity index (χ4v) is 3.32. The SMILES string of the molecule is Cc1cccnc1C1(F)CCN(CC(=O)Nc2ccc(Cl)cc2)CC1. The first-order valence-corrected chi connectivity index (χ1v) is 8.73. The highest BCUT2D eigenvalue weighted by atomic mass is 35.5. The number of amides is 1. The van der Waals surface area contributed by atoms with Crippen LogP contribution in [0, 0.1) is 6.92 Å². The van der Waals surface area contributed by atoms with Crippen molar-refractivity contribution in [2.75, 3.05) is 25.0 Å². The van der Waals surface area contributed by atoms with Crippen molar-refractivity contribution in [3.05, 3.63) is 58.9 Å². The molecule has 0 spiro atoms. The number of pyridine rings is 1. The molecule has 1 aliphatic rings. The molecule has 25 heavy (non-hydrogen) atoms. The number of anilines is 1. The van der Waals surface area contributed by atoms with E-state index in [0.717, 1.165) is 5.56 Å². The monoisotopic (exact) mass is 361 g/mol. The van der Waals surface area contributed by atoms with Crippen LogP contribution in [0.15, 0.2) is 42.6 Å². The van der Waals surface area contributed by atoms with Crippen molar-refractivity contribution in [3.63, 3.8) is 0 Å². The van der Waals surface area contributed by atoms with Gasteiger partial charge in [-0.25, -0.2) is 4.39 Å². The Kier molecular flexibility index (Phi) is 5.35. The third kappa shape index (κ3) is 4.35. The first-order chi connectivity index (χ1) is 12.0. The fraction of sp³-hybridized carbons (Fsp3) is 0.368. The van der Waals surface area contributed by atoms with Crippen molar-refractivity contribution in [3.8, 4) is 0 Å². The molecule has 1 saturated heterocycles. The van der Waals surface area contributed by atoms with Crippen LogP contribution in [0.25, 0.3) is 0 Å². The summed E-state index contributed by atoms with van der Waals surface area (Å²) in [5.41, 5.74) is 0.698. The van der Waals surface area contributed by atoms with E-state index in [1.807, 2.05) is 24.0 Å². The minimum absolute atomic E-state index is 0.109. The van der Waals surface area contributed by atoms with E-state index in [9.17, 15) is 4.79 Å². The second-order valence-electron chi connectivity index (χ2n) is 6.47. The molecule has 132 valence electrons. The topological polar surface area (TPSA) is 45.2 Å². The zero-order valence-electron chi connectivity index (χ0n) is 14.1. The van der Waals surface area contributed by atoms with Crippen LogP contribution in [0.1, 0.15) is 24.1 Å². The van der Waals surface area contributed by atoms with Crippen molar-refractivity contribution in [1.82, 2.24) is 9.88 Å². The molecular formula is C19H21ClFN3O. The Balaban J connectivity index is 1.54. The van der Waals surface area contributed by atoms with Gasteiger partial charge < -0.3 is 5.32 Å². The summed E-state index contributed by atoms with van der Waals surface area (Å²) >= 11 is 5.83. The molecular weight excluding hydrogens is 341 g/mol. The molecule has 0 radical (unpaired) electrons. The minimum Gasteiger partial charge on any atom is -0.325 e. The zero-order valence-corrected chi connectivity index (χ0v) is 14.9. The first kappa shape index (κ1) is 17.8. The van der Waals surface area contributed by atoms with Crippen molar-refractivity contribution in [2.45, 2.75) is 25.4 Å². The van der Waals surface area contributed by atoms with E-state index >= 15 is 4.39 Å². The number of alkyl halides is 1. The number of halogens is 2. The van der Waals surface area contributed by atoms with Gasteiger partial charge in [0.25, 0.3) is 0 Å². The number of aryl methyl sites for hydroxylation is 1. The van der Waals surface area contributed by atoms with Gasteiger partial charge in [-0.15, -0.1) is 0 Å². The molecule has 1 amide bonds. The highest BCUT2D eigenvalue weighted by Gasteiger charge is 2.38. The van der Waals surface area contributed by atoms with Crippen LogP contribution in [0.4, 0.5) is 10.1 Å². The smallest absolute Gasteiger partial charge is 0.238 e. The number of rotatable bonds is 4. The molecule has 1 fully saturated rings. The molecule has 0 unspecified atom stereocenters. The maximum absolute atomic E-state index is 15.3. The van der Waals surface area contributed by atoms with Crippen LogP contribution in [-0.4, -0.2) is 35.4 Å². The Bertz CT molecular complexity index is 743. The lowest BCUT2D eigenvalue weighted by atomic mass is 9.87. The normalized spacial score (nSPS) is 17.2. The Morgan fingerprint density at radius 1 is 1.28 bits per heavy atom. The number of nitrogens with zero attached hydrogens (tertiary/aromatic N) is 2. The Morgan fingerprint density at radius 2 is 1.96 bits per heavy atom. The Labute approximate surface area is 152 Å². The predicted octanol–water partition coefficient (Wildman–Crippen LogP) is 3.94. The minimum atomic E-state index is -1.41. The summed E-state index contributed by atoms with van der Waals surface area (Å²) in [5, 5.41) is 3.46. The van der Waals surface area contributed by atoms with Gasteiger partial charge in [-0.2, -0.15) is 0 Å². The number of nitrogens with one attached hydrogen (secondary N) is 1. The fourth-order valence-electron chi connectivity index (χ4n) is 3.19. The molecule has 0 bridgehead atoms. The van der Waals surface area contributed by atoms with Crippen LogP contribution >= 0.6 is 11.6 Å². The van der Waals surface area contributed by atoms with E-state index < -0.39 is 5.67 Å². The van der Waals surface area contributed by atoms with Crippen molar-refractivity contribution < 1.29 is 9.18 Å². The highest BCUT2D eigenvalue weighted by Crippen LogP contribution is 2.37. The molecule has 2 heterocycles. The molecule has 1 aromatic carbocycles. The third-order valence-corrected chi connectivity index (χ3v) is 4.83. The Morgan fingerprint density at radius 3 is 2.60 bits per heavy atom. The van der Waals surface area contributed by atoms with Gasteiger partial charge in [0.15, 0.2) is 5.67 Å². The van der Waals surface area contributed by atoms with Crippen molar-refractivity contribution in [2.24, 2.45) is 0 Å². The number of piperidine rings is 1. The highest BCUT2D eigenvalue weighted by molar-refractivity contribution is 6.30. The summed E-state index contributed by atoms with van der Waals surface area (Å²) < 4.78 is 15.3. The zero-order chi connectivity index (χ0) is 17.9. The van der Waals surface area contributed by atoms with Crippen LogP contribution in [0.2, 0.25) is 5.02 Å². The van der Waals surface area contributed by atoms with Gasteiger partial charge in [0.05, 0.1) is 12.2 Å². The number of benzene rings is 1. The van der Waals surface area contributed by atoms with Gasteiger partial charge in [-0.3, -0.25) is 14.7 Å². The van der Waals surface area contributed by atoms with Gasteiger partial charge in [0.1, 0.15) is 0 Å². The average molecular weight is 362 g/mol. The quantitative estimate of drug-likeness (QED) is 0.897. The van der Waals surface area contributed by atoms with Gasteiger partial charge in [-0.05, 0) is 55.7 Å². The number of carbonyl (C=O) groups is 1. The molecule has 1 aliphatic heterocycles. The summed E-state index contributed by atoms with van der Waals surface area (Å²) in [6, 6.07) is 10.7. The number of aromatic nitrogens is 1. The second kappa shape index (κ2) is 7.50. The summed E-state index contributed by atoms with van der Waals surface area (Å²) in [5.74, 6) is -0.109. The second-order valence-corrected chi connectivity index (χ2v) is 6.90. The van der Waals surface area contributed by atoms with Crippen molar-refractivity contribution >= 4 is 23.2 Å². The number of likely N-dealkylation sites (tertiary alicyclic amines) is 1. The van der Waals surface area contributed by atoms with Crippen LogP contribution in [-0.2, 0) is 10.5 Å². The maximum atomic E-state index is 15.3. The third-order valence-electron chi connectivity index (χ3n) is 4.58. The van der Waals surface area contributed by atoms with Crippen LogP contribution in [0.5, 0.6) is 0 Å². The summed E-state index contributed by atoms with van der Waals surface area (Å²) in [6.45, 7) is 3.19.